The van der Waals surface area contributed by atoms with Crippen molar-refractivity contribution in [2.24, 2.45) is 0 Å². The van der Waals surface area contributed by atoms with Crippen LogP contribution in [0, 0.1) is 11.8 Å². The minimum absolute atomic E-state index is 0.0570. The van der Waals surface area contributed by atoms with Gasteiger partial charge in [0, 0.05) is 16.7 Å². The van der Waals surface area contributed by atoms with Gasteiger partial charge in [-0.15, -0.1) is 0 Å². The molecule has 0 radical (unpaired) electrons. The van der Waals surface area contributed by atoms with Crippen molar-refractivity contribution >= 4 is 5.78 Å². The number of rotatable bonds is 2. The zero-order valence-corrected chi connectivity index (χ0v) is 9.76. The Morgan fingerprint density at radius 1 is 1.00 bits per heavy atom. The van der Waals surface area contributed by atoms with E-state index >= 15 is 0 Å². The Bertz CT molecular complexity index is 604. The van der Waals surface area contributed by atoms with Crippen LogP contribution in [0.25, 0.3) is 0 Å². The lowest BCUT2D eigenvalue weighted by atomic mass is 9.99. The monoisotopic (exact) mass is 236 g/mol. The van der Waals surface area contributed by atoms with Crippen LogP contribution in [-0.4, -0.2) is 17.5 Å². The number of hydrogen-bond donors (Lipinski definition) is 1. The van der Waals surface area contributed by atoms with Gasteiger partial charge in [0.2, 0.25) is 0 Å². The summed E-state index contributed by atoms with van der Waals surface area (Å²) in [6, 6.07) is 16.2. The second kappa shape index (κ2) is 5.81. The third-order valence-electron chi connectivity index (χ3n) is 2.51. The van der Waals surface area contributed by atoms with E-state index in [1.165, 1.54) is 0 Å². The predicted octanol–water partition coefficient (Wildman–Crippen LogP) is 2.26. The first-order valence-electron chi connectivity index (χ1n) is 5.61. The molecule has 0 atom stereocenters. The molecule has 2 nitrogen and oxygen atoms in total. The second-order valence-electron chi connectivity index (χ2n) is 3.70. The molecular weight excluding hydrogens is 224 g/mol. The standard InChI is InChI=1S/C16H12O2/c17-12-6-10-13-7-4-5-11-15(13)16(18)14-8-2-1-3-9-14/h1-5,7-9,11,17H,12H2. The molecule has 2 rings (SSSR count). The SMILES string of the molecule is O=C(c1ccccc1)c1ccccc1C#CCO. The smallest absolute Gasteiger partial charge is 0.194 e. The van der Waals surface area contributed by atoms with Crippen molar-refractivity contribution in [1.29, 1.82) is 0 Å². The molecule has 0 unspecified atom stereocenters. The molecule has 88 valence electrons. The highest BCUT2D eigenvalue weighted by Gasteiger charge is 2.11. The van der Waals surface area contributed by atoms with Crippen LogP contribution in [0.15, 0.2) is 54.6 Å². The Hall–Kier alpha value is -2.37. The maximum atomic E-state index is 12.3. The minimum Gasteiger partial charge on any atom is -0.384 e. The third-order valence-corrected chi connectivity index (χ3v) is 2.51. The Morgan fingerprint density at radius 2 is 1.67 bits per heavy atom. The van der Waals surface area contributed by atoms with Gasteiger partial charge in [-0.1, -0.05) is 54.3 Å². The van der Waals surface area contributed by atoms with Gasteiger partial charge in [0.1, 0.15) is 6.61 Å². The topological polar surface area (TPSA) is 37.3 Å². The summed E-state index contributed by atoms with van der Waals surface area (Å²) in [7, 11) is 0. The predicted molar refractivity (Wildman–Crippen MR) is 70.3 cm³/mol. The van der Waals surface area contributed by atoms with Crippen molar-refractivity contribution in [1.82, 2.24) is 0 Å². The largest absolute Gasteiger partial charge is 0.384 e. The van der Waals surface area contributed by atoms with Gasteiger partial charge >= 0.3 is 0 Å². The lowest BCUT2D eigenvalue weighted by Crippen LogP contribution is -2.03. The van der Waals surface area contributed by atoms with Crippen LogP contribution >= 0.6 is 0 Å². The zero-order chi connectivity index (χ0) is 12.8. The Labute approximate surface area is 106 Å². The van der Waals surface area contributed by atoms with Crippen LogP contribution in [0.1, 0.15) is 21.5 Å². The van der Waals surface area contributed by atoms with Gasteiger partial charge in [0.25, 0.3) is 0 Å². The van der Waals surface area contributed by atoms with Gasteiger partial charge in [-0.2, -0.15) is 0 Å². The van der Waals surface area contributed by atoms with E-state index in [1.54, 1.807) is 30.3 Å². The number of aliphatic hydroxyl groups is 1. The first-order valence-corrected chi connectivity index (χ1v) is 5.61. The first-order chi connectivity index (χ1) is 8.83. The van der Waals surface area contributed by atoms with Crippen molar-refractivity contribution in [3.05, 3.63) is 71.3 Å². The van der Waals surface area contributed by atoms with Crippen LogP contribution < -0.4 is 0 Å². The molecule has 0 saturated carbocycles. The summed E-state index contributed by atoms with van der Waals surface area (Å²) in [6.45, 7) is -0.214. The van der Waals surface area contributed by atoms with E-state index in [0.29, 0.717) is 16.7 Å². The number of aliphatic hydroxyl groups excluding tert-OH is 1. The number of carbonyl (C=O) groups excluding carboxylic acids is 1. The average molecular weight is 236 g/mol. The van der Waals surface area contributed by atoms with Gasteiger partial charge in [0.15, 0.2) is 5.78 Å². The maximum absolute atomic E-state index is 12.3. The quantitative estimate of drug-likeness (QED) is 0.641. The van der Waals surface area contributed by atoms with Crippen LogP contribution in [0.3, 0.4) is 0 Å². The fourth-order valence-electron chi connectivity index (χ4n) is 1.67. The number of carbonyl (C=O) groups is 1. The molecule has 0 amide bonds. The molecule has 0 aromatic heterocycles. The molecule has 0 aliphatic heterocycles. The van der Waals surface area contributed by atoms with Gasteiger partial charge in [-0.3, -0.25) is 4.79 Å². The minimum atomic E-state index is -0.214. The van der Waals surface area contributed by atoms with Crippen LogP contribution in [-0.2, 0) is 0 Å². The summed E-state index contributed by atoms with van der Waals surface area (Å²) in [5.74, 6) is 5.30. The summed E-state index contributed by atoms with van der Waals surface area (Å²) in [6.07, 6.45) is 0. The van der Waals surface area contributed by atoms with E-state index in [9.17, 15) is 4.79 Å². The summed E-state index contributed by atoms with van der Waals surface area (Å²) in [4.78, 5) is 12.3. The summed E-state index contributed by atoms with van der Waals surface area (Å²) < 4.78 is 0. The van der Waals surface area contributed by atoms with E-state index in [1.807, 2.05) is 24.3 Å². The molecule has 0 heterocycles. The lowest BCUT2D eigenvalue weighted by molar-refractivity contribution is 0.103. The molecule has 2 heteroatoms. The van der Waals surface area contributed by atoms with Gasteiger partial charge in [-0.25, -0.2) is 0 Å². The molecule has 1 N–H and O–H groups in total. The Morgan fingerprint density at radius 3 is 2.39 bits per heavy atom. The molecular formula is C16H12O2. The van der Waals surface area contributed by atoms with Crippen molar-refractivity contribution < 1.29 is 9.90 Å². The Balaban J connectivity index is 2.42. The van der Waals surface area contributed by atoms with E-state index in [-0.39, 0.29) is 12.4 Å². The fourth-order valence-corrected chi connectivity index (χ4v) is 1.67. The van der Waals surface area contributed by atoms with Crippen molar-refractivity contribution in [3.8, 4) is 11.8 Å². The maximum Gasteiger partial charge on any atom is 0.194 e. The molecule has 18 heavy (non-hydrogen) atoms. The van der Waals surface area contributed by atoms with E-state index in [0.717, 1.165) is 0 Å². The Kier molecular flexibility index (Phi) is 3.90. The third kappa shape index (κ3) is 2.65. The molecule has 0 spiro atoms. The molecule has 2 aromatic rings. The normalized spacial score (nSPS) is 9.39. The zero-order valence-electron chi connectivity index (χ0n) is 9.76. The summed E-state index contributed by atoms with van der Waals surface area (Å²) >= 11 is 0. The number of benzene rings is 2. The summed E-state index contributed by atoms with van der Waals surface area (Å²) in [5.41, 5.74) is 1.83. The highest BCUT2D eigenvalue weighted by Crippen LogP contribution is 2.13. The average Bonchev–Trinajstić information content (AvgIpc) is 2.45. The lowest BCUT2D eigenvalue weighted by Gasteiger charge is -2.03. The molecule has 0 aliphatic rings. The highest BCUT2D eigenvalue weighted by molar-refractivity contribution is 6.10. The van der Waals surface area contributed by atoms with E-state index in [4.69, 9.17) is 5.11 Å². The van der Waals surface area contributed by atoms with Crippen LogP contribution in [0.4, 0.5) is 0 Å². The molecule has 0 aliphatic carbocycles. The fraction of sp³-hybridized carbons (Fsp3) is 0.0625. The second-order valence-corrected chi connectivity index (χ2v) is 3.70. The van der Waals surface area contributed by atoms with Crippen LogP contribution in [0.2, 0.25) is 0 Å². The van der Waals surface area contributed by atoms with E-state index < -0.39 is 0 Å². The van der Waals surface area contributed by atoms with Gasteiger partial charge < -0.3 is 5.11 Å². The van der Waals surface area contributed by atoms with Crippen molar-refractivity contribution in [3.63, 3.8) is 0 Å². The molecule has 0 bridgehead atoms. The van der Waals surface area contributed by atoms with Crippen LogP contribution in [0.5, 0.6) is 0 Å². The van der Waals surface area contributed by atoms with Crippen molar-refractivity contribution in [2.75, 3.05) is 6.61 Å². The van der Waals surface area contributed by atoms with Crippen molar-refractivity contribution in [2.45, 2.75) is 0 Å². The van der Waals surface area contributed by atoms with Gasteiger partial charge in [-0.05, 0) is 12.1 Å². The van der Waals surface area contributed by atoms with Gasteiger partial charge in [0.05, 0.1) is 0 Å². The molecule has 0 fully saturated rings. The number of ketones is 1. The summed E-state index contributed by atoms with van der Waals surface area (Å²) in [5, 5.41) is 8.72. The molecule has 0 saturated heterocycles. The van der Waals surface area contributed by atoms with E-state index in [2.05, 4.69) is 11.8 Å². The first kappa shape index (κ1) is 12.1. The molecule has 2 aromatic carbocycles. The highest BCUT2D eigenvalue weighted by atomic mass is 16.2. The number of hydrogen-bond acceptors (Lipinski definition) is 2.